The Labute approximate surface area is 134 Å². The van der Waals surface area contributed by atoms with Gasteiger partial charge in [-0.2, -0.15) is 4.98 Å². The summed E-state index contributed by atoms with van der Waals surface area (Å²) in [6.45, 7) is 0.702. The van der Waals surface area contributed by atoms with Crippen LogP contribution >= 0.6 is 0 Å². The molecule has 0 bridgehead atoms. The van der Waals surface area contributed by atoms with Crippen LogP contribution in [0, 0.1) is 4.91 Å². The number of carboxylic acid groups (broad SMARTS) is 1. The first-order valence-corrected chi connectivity index (χ1v) is 6.92. The second-order valence-corrected chi connectivity index (χ2v) is 4.95. The van der Waals surface area contributed by atoms with Crippen molar-refractivity contribution in [3.05, 3.63) is 45.1 Å². The first-order valence-electron chi connectivity index (χ1n) is 6.92. The zero-order valence-corrected chi connectivity index (χ0v) is 12.2. The Hall–Kier alpha value is -3.56. The molecule has 2 heterocycles. The zero-order valence-electron chi connectivity index (χ0n) is 12.2. The van der Waals surface area contributed by atoms with Gasteiger partial charge in [-0.3, -0.25) is 9.78 Å². The number of aromatic amines is 1. The maximum atomic E-state index is 11.8. The molecule has 2 aromatic rings. The number of rotatable bonds is 5. The van der Waals surface area contributed by atoms with E-state index >= 15 is 0 Å². The number of H-pyrrole nitrogens is 1. The number of carbonyl (C=O) groups is 1. The van der Waals surface area contributed by atoms with Crippen molar-refractivity contribution in [2.24, 2.45) is 10.2 Å². The lowest BCUT2D eigenvalue weighted by atomic mass is 10.2. The van der Waals surface area contributed by atoms with E-state index in [1.807, 2.05) is 0 Å². The zero-order chi connectivity index (χ0) is 17.1. The average molecular weight is 328 g/mol. The second kappa shape index (κ2) is 6.28. The molecule has 1 aliphatic heterocycles. The van der Waals surface area contributed by atoms with Crippen molar-refractivity contribution in [2.75, 3.05) is 23.7 Å². The van der Waals surface area contributed by atoms with Crippen molar-refractivity contribution in [3.8, 4) is 0 Å². The Morgan fingerprint density at radius 3 is 2.75 bits per heavy atom. The molecule has 24 heavy (non-hydrogen) atoms. The third-order valence-electron chi connectivity index (χ3n) is 3.33. The third-order valence-corrected chi connectivity index (χ3v) is 3.33. The van der Waals surface area contributed by atoms with E-state index < -0.39 is 11.5 Å². The minimum atomic E-state index is -0.991. The van der Waals surface area contributed by atoms with Crippen LogP contribution in [0.15, 0.2) is 39.2 Å². The Morgan fingerprint density at radius 1 is 1.33 bits per heavy atom. The summed E-state index contributed by atoms with van der Waals surface area (Å²) in [5.41, 5.74) is 1.12. The van der Waals surface area contributed by atoms with Crippen LogP contribution in [-0.2, 0) is 0 Å². The number of hydrogen-bond acceptors (Lipinski definition) is 8. The Morgan fingerprint density at radius 2 is 2.08 bits per heavy atom. The van der Waals surface area contributed by atoms with Crippen molar-refractivity contribution in [3.63, 3.8) is 0 Å². The minimum absolute atomic E-state index is 0.0895. The van der Waals surface area contributed by atoms with Crippen LogP contribution < -0.4 is 16.2 Å². The highest BCUT2D eigenvalue weighted by molar-refractivity contribution is 5.97. The summed E-state index contributed by atoms with van der Waals surface area (Å²) in [7, 11) is 0. The van der Waals surface area contributed by atoms with E-state index in [-0.39, 0.29) is 23.0 Å². The molecule has 0 atom stereocenters. The van der Waals surface area contributed by atoms with Gasteiger partial charge in [-0.05, 0) is 24.3 Å². The summed E-state index contributed by atoms with van der Waals surface area (Å²) in [5, 5.41) is 17.4. The van der Waals surface area contributed by atoms with Crippen molar-refractivity contribution < 1.29 is 9.90 Å². The maximum absolute atomic E-state index is 11.8. The highest BCUT2D eigenvalue weighted by Crippen LogP contribution is 2.22. The maximum Gasteiger partial charge on any atom is 0.335 e. The SMILES string of the molecule is O=Nc1nc2c(c(=O)[nH]1)N=C(CNc1ccc(C(=O)O)cc1)CN2. The fourth-order valence-corrected chi connectivity index (χ4v) is 2.15. The number of aromatic carboxylic acids is 1. The number of anilines is 2. The quantitative estimate of drug-likeness (QED) is 0.607. The molecule has 0 amide bonds. The molecule has 0 spiro atoms. The van der Waals surface area contributed by atoms with Crippen LogP contribution in [0.1, 0.15) is 10.4 Å². The van der Waals surface area contributed by atoms with Crippen LogP contribution in [0.4, 0.5) is 23.1 Å². The predicted molar refractivity (Wildman–Crippen MR) is 87.8 cm³/mol. The number of nitrogens with zero attached hydrogens (tertiary/aromatic N) is 3. The summed E-state index contributed by atoms with van der Waals surface area (Å²) in [4.78, 5) is 43.4. The monoisotopic (exact) mass is 328 g/mol. The first kappa shape index (κ1) is 15.3. The lowest BCUT2D eigenvalue weighted by Gasteiger charge is -2.16. The molecule has 0 aliphatic carbocycles. The van der Waals surface area contributed by atoms with Gasteiger partial charge < -0.3 is 15.7 Å². The summed E-state index contributed by atoms with van der Waals surface area (Å²) >= 11 is 0. The number of fused-ring (bicyclic) bond motifs is 1. The van der Waals surface area contributed by atoms with E-state index in [2.05, 4.69) is 30.8 Å². The van der Waals surface area contributed by atoms with Crippen LogP contribution in [-0.4, -0.2) is 39.8 Å². The molecular formula is C14H12N6O4. The third kappa shape index (κ3) is 3.11. The Balaban J connectivity index is 1.74. The number of nitroso groups, excluding NO2 is 1. The molecule has 3 rings (SSSR count). The van der Waals surface area contributed by atoms with Gasteiger partial charge in [0.15, 0.2) is 11.5 Å². The molecule has 10 nitrogen and oxygen atoms in total. The lowest BCUT2D eigenvalue weighted by molar-refractivity contribution is 0.0697. The van der Waals surface area contributed by atoms with Crippen LogP contribution in [0.2, 0.25) is 0 Å². The Kier molecular flexibility index (Phi) is 4.01. The molecule has 1 aromatic heterocycles. The van der Waals surface area contributed by atoms with Crippen molar-refractivity contribution in [2.45, 2.75) is 0 Å². The average Bonchev–Trinajstić information content (AvgIpc) is 2.60. The number of benzene rings is 1. The normalized spacial score (nSPS) is 12.6. The lowest BCUT2D eigenvalue weighted by Crippen LogP contribution is -2.27. The molecule has 122 valence electrons. The number of nitrogens with one attached hydrogen (secondary N) is 3. The van der Waals surface area contributed by atoms with E-state index in [4.69, 9.17) is 5.11 Å². The molecule has 4 N–H and O–H groups in total. The molecular weight excluding hydrogens is 316 g/mol. The van der Waals surface area contributed by atoms with Gasteiger partial charge in [-0.25, -0.2) is 9.79 Å². The first-order chi connectivity index (χ1) is 11.6. The highest BCUT2D eigenvalue weighted by atomic mass is 16.4. The highest BCUT2D eigenvalue weighted by Gasteiger charge is 2.17. The van der Waals surface area contributed by atoms with Gasteiger partial charge in [0.2, 0.25) is 0 Å². The molecule has 1 aromatic carbocycles. The van der Waals surface area contributed by atoms with Crippen molar-refractivity contribution in [1.29, 1.82) is 0 Å². The summed E-state index contributed by atoms with van der Waals surface area (Å²) < 4.78 is 0. The predicted octanol–water partition coefficient (Wildman–Crippen LogP) is 1.48. The largest absolute Gasteiger partial charge is 0.478 e. The van der Waals surface area contributed by atoms with Gasteiger partial charge in [-0.1, -0.05) is 0 Å². The molecule has 0 fully saturated rings. The van der Waals surface area contributed by atoms with Gasteiger partial charge in [0.1, 0.15) is 0 Å². The molecule has 0 saturated heterocycles. The van der Waals surface area contributed by atoms with E-state index in [0.29, 0.717) is 18.8 Å². The van der Waals surface area contributed by atoms with Gasteiger partial charge in [-0.15, -0.1) is 4.91 Å². The van der Waals surface area contributed by atoms with Crippen LogP contribution in [0.25, 0.3) is 0 Å². The van der Waals surface area contributed by atoms with Crippen molar-refractivity contribution >= 4 is 34.8 Å². The fraction of sp³-hybridized carbons (Fsp3) is 0.143. The minimum Gasteiger partial charge on any atom is -0.478 e. The fourth-order valence-electron chi connectivity index (χ4n) is 2.15. The second-order valence-electron chi connectivity index (χ2n) is 4.95. The Bertz CT molecular complexity index is 887. The summed E-state index contributed by atoms with van der Waals surface area (Å²) in [6, 6.07) is 6.27. The molecule has 0 saturated carbocycles. The van der Waals surface area contributed by atoms with E-state index in [1.165, 1.54) is 12.1 Å². The van der Waals surface area contributed by atoms with Gasteiger partial charge in [0, 0.05) is 10.9 Å². The van der Waals surface area contributed by atoms with Crippen molar-refractivity contribution in [1.82, 2.24) is 9.97 Å². The molecule has 0 radical (unpaired) electrons. The van der Waals surface area contributed by atoms with E-state index in [1.54, 1.807) is 12.1 Å². The summed E-state index contributed by atoms with van der Waals surface area (Å²) in [6.07, 6.45) is 0. The number of aromatic nitrogens is 2. The van der Waals surface area contributed by atoms with Gasteiger partial charge in [0.05, 0.1) is 24.4 Å². The molecule has 1 aliphatic rings. The van der Waals surface area contributed by atoms with Gasteiger partial charge >= 0.3 is 5.97 Å². The van der Waals surface area contributed by atoms with E-state index in [9.17, 15) is 14.5 Å². The van der Waals surface area contributed by atoms with Crippen LogP contribution in [0.3, 0.4) is 0 Å². The topological polar surface area (TPSA) is 149 Å². The number of aliphatic imine (C=N–C) groups is 1. The van der Waals surface area contributed by atoms with E-state index in [0.717, 1.165) is 5.69 Å². The number of hydrogen-bond donors (Lipinski definition) is 4. The van der Waals surface area contributed by atoms with Crippen LogP contribution in [0.5, 0.6) is 0 Å². The standard InChI is InChI=1S/C14H12N6O4/c21-12-10-11(18-14(19-12)20-24)16-6-9(17-10)5-15-8-3-1-7(2-4-8)13(22)23/h1-4,15H,5-6H2,(H,22,23)(H2,16,18,19,21). The smallest absolute Gasteiger partial charge is 0.335 e. The number of carboxylic acids is 1. The molecule has 10 heteroatoms. The van der Waals surface area contributed by atoms with Gasteiger partial charge in [0.25, 0.3) is 11.5 Å². The summed E-state index contributed by atoms with van der Waals surface area (Å²) in [5.74, 6) is -1.08. The molecule has 0 unspecified atom stereocenters.